The van der Waals surface area contributed by atoms with Crippen molar-refractivity contribution in [1.82, 2.24) is 23.5 Å². The lowest BCUT2D eigenvalue weighted by molar-refractivity contribution is 0.223. The monoisotopic (exact) mass is 747 g/mol. The average molecular weight is 749 g/mol. The number of halogens is 2. The Balaban J connectivity index is 0.000000246. The van der Waals surface area contributed by atoms with Gasteiger partial charge in [-0.1, -0.05) is 58.6 Å². The molecule has 0 radical (unpaired) electrons. The second-order valence-electron chi connectivity index (χ2n) is 11.8. The summed E-state index contributed by atoms with van der Waals surface area (Å²) in [5, 5.41) is 0.444. The molecular weight excluding hydrogens is 698 g/mol. The molecule has 0 atom stereocenters. The van der Waals surface area contributed by atoms with E-state index >= 15 is 0 Å². The lowest BCUT2D eigenvalue weighted by atomic mass is 10.1. The van der Waals surface area contributed by atoms with Crippen LogP contribution in [0.5, 0.6) is 0 Å². The number of benzene rings is 2. The summed E-state index contributed by atoms with van der Waals surface area (Å²) in [5.74, 6) is 0. The van der Waals surface area contributed by atoms with E-state index in [0.29, 0.717) is 24.7 Å². The molecule has 0 spiro atoms. The Morgan fingerprint density at radius 3 is 1.93 bits per heavy atom. The van der Waals surface area contributed by atoms with Gasteiger partial charge in [0.25, 0.3) is 10.2 Å². The number of unbranched alkanes of at least 4 members (excludes halogenated alkanes) is 2. The molecule has 4 rings (SSSR count). The highest BCUT2D eigenvalue weighted by Gasteiger charge is 2.20. The molecule has 2 aromatic rings. The molecule has 0 amide bonds. The zero-order valence-corrected chi connectivity index (χ0v) is 30.6. The lowest BCUT2D eigenvalue weighted by Crippen LogP contribution is -2.37. The van der Waals surface area contributed by atoms with Crippen molar-refractivity contribution in [3.8, 4) is 0 Å². The molecule has 0 unspecified atom stereocenters. The maximum Gasteiger partial charge on any atom is 0.277 e. The number of nitrogens with zero attached hydrogens (tertiary/aromatic N) is 3. The zero-order chi connectivity index (χ0) is 32.5. The van der Waals surface area contributed by atoms with E-state index in [1.807, 2.05) is 24.3 Å². The Hall–Kier alpha value is -1.09. The minimum absolute atomic E-state index is 0.263. The van der Waals surface area contributed by atoms with E-state index in [9.17, 15) is 16.8 Å². The van der Waals surface area contributed by atoms with Gasteiger partial charge >= 0.3 is 0 Å². The predicted octanol–water partition coefficient (Wildman–Crippen LogP) is 5.87. The molecule has 2 aromatic carbocycles. The number of nitrogens with one attached hydrogen (secondary N) is 2. The van der Waals surface area contributed by atoms with Crippen molar-refractivity contribution in [2.75, 3.05) is 59.4 Å². The zero-order valence-electron chi connectivity index (χ0n) is 26.6. The van der Waals surface area contributed by atoms with Crippen molar-refractivity contribution < 1.29 is 16.8 Å². The van der Waals surface area contributed by atoms with Crippen LogP contribution in [0.25, 0.3) is 0 Å². The van der Waals surface area contributed by atoms with Gasteiger partial charge in [0.1, 0.15) is 0 Å². The minimum atomic E-state index is -3.43. The van der Waals surface area contributed by atoms with Crippen molar-refractivity contribution in [2.24, 2.45) is 0 Å². The maximum atomic E-state index is 12.4. The number of piperidine rings is 2. The molecule has 9 nitrogen and oxygen atoms in total. The fourth-order valence-electron chi connectivity index (χ4n) is 5.46. The second kappa shape index (κ2) is 20.3. The quantitative estimate of drug-likeness (QED) is 0.209. The van der Waals surface area contributed by atoms with E-state index in [2.05, 4.69) is 35.2 Å². The molecule has 2 fully saturated rings. The summed E-state index contributed by atoms with van der Waals surface area (Å²) in [4.78, 5) is 5.22. The molecule has 2 N–H and O–H groups in total. The van der Waals surface area contributed by atoms with Crippen molar-refractivity contribution in [1.29, 1.82) is 0 Å². The summed E-state index contributed by atoms with van der Waals surface area (Å²) in [6.45, 7) is 8.26. The largest absolute Gasteiger partial charge is 0.303 e. The predicted molar refractivity (Wildman–Crippen MR) is 188 cm³/mol. The highest BCUT2D eigenvalue weighted by Crippen LogP contribution is 2.19. The molecule has 2 aliphatic heterocycles. The highest BCUT2D eigenvalue weighted by atomic mass is 79.9. The molecule has 0 saturated carbocycles. The smallest absolute Gasteiger partial charge is 0.277 e. The van der Waals surface area contributed by atoms with Crippen LogP contribution in [-0.4, -0.2) is 90.3 Å². The van der Waals surface area contributed by atoms with Crippen molar-refractivity contribution in [3.05, 3.63) is 63.6 Å². The van der Waals surface area contributed by atoms with Gasteiger partial charge in [-0.25, -0.2) is 17.4 Å². The van der Waals surface area contributed by atoms with Crippen LogP contribution in [-0.2, 0) is 26.8 Å². The Bertz CT molecular complexity index is 1340. The third kappa shape index (κ3) is 15.1. The van der Waals surface area contributed by atoms with Crippen LogP contribution in [0.2, 0.25) is 5.02 Å². The lowest BCUT2D eigenvalue weighted by Gasteiger charge is -2.26. The normalized spacial score (nSPS) is 16.8. The van der Waals surface area contributed by atoms with E-state index in [0.717, 1.165) is 48.8 Å². The van der Waals surface area contributed by atoms with Gasteiger partial charge in [-0.05, 0) is 127 Å². The number of rotatable bonds is 16. The Labute approximate surface area is 285 Å². The van der Waals surface area contributed by atoms with Crippen LogP contribution in [0.3, 0.4) is 0 Å². The second-order valence-corrected chi connectivity index (χ2v) is 16.8. The molecular formula is C32H51BrClN5O4S2. The van der Waals surface area contributed by atoms with Crippen LogP contribution >= 0.6 is 27.5 Å². The number of hydrogen-bond donors (Lipinski definition) is 2. The van der Waals surface area contributed by atoms with Crippen molar-refractivity contribution in [3.63, 3.8) is 0 Å². The fraction of sp³-hybridized carbons (Fsp3) is 0.625. The highest BCUT2D eigenvalue weighted by molar-refractivity contribution is 9.10. The third-order valence-electron chi connectivity index (χ3n) is 8.17. The van der Waals surface area contributed by atoms with Gasteiger partial charge in [0.05, 0.1) is 4.90 Å². The fourth-order valence-corrected chi connectivity index (χ4v) is 8.11. The van der Waals surface area contributed by atoms with Crippen LogP contribution < -0.4 is 9.44 Å². The van der Waals surface area contributed by atoms with Gasteiger partial charge in [-0.3, -0.25) is 0 Å². The standard InChI is InChI=1S/C16H26BrN3O2S.C16H25ClN2O2S/c17-16-8-6-15(7-9-16)14-19-23(21,22)18-10-2-5-13-20-11-3-1-4-12-20;1-18(10-5-6-13-19-11-3-2-4-12-19)22(20,21)16-9-7-8-15(17)14-16/h6-9,18-19H,1-5,10-14H2;7-9,14H,2-6,10-13H2,1H3. The molecule has 45 heavy (non-hydrogen) atoms. The molecule has 0 aliphatic carbocycles. The molecule has 254 valence electrons. The van der Waals surface area contributed by atoms with Crippen LogP contribution in [0, 0.1) is 0 Å². The summed E-state index contributed by atoms with van der Waals surface area (Å²) in [5.41, 5.74) is 0.934. The van der Waals surface area contributed by atoms with Gasteiger partial charge in [0.2, 0.25) is 10.0 Å². The molecule has 2 saturated heterocycles. The first-order valence-corrected chi connectivity index (χ1v) is 20.3. The topological polar surface area (TPSA) is 102 Å². The number of hydrogen-bond acceptors (Lipinski definition) is 6. The van der Waals surface area contributed by atoms with E-state index < -0.39 is 20.2 Å². The Morgan fingerprint density at radius 2 is 1.36 bits per heavy atom. The van der Waals surface area contributed by atoms with E-state index in [4.69, 9.17) is 11.6 Å². The summed E-state index contributed by atoms with van der Waals surface area (Å²) >= 11 is 9.24. The van der Waals surface area contributed by atoms with E-state index in [1.165, 1.54) is 75.1 Å². The third-order valence-corrected chi connectivity index (χ3v) is 11.9. The average Bonchev–Trinajstić information content (AvgIpc) is 3.04. The van der Waals surface area contributed by atoms with Crippen LogP contribution in [0.1, 0.15) is 69.8 Å². The van der Waals surface area contributed by atoms with Gasteiger partial charge < -0.3 is 9.80 Å². The van der Waals surface area contributed by atoms with Gasteiger partial charge in [-0.2, -0.15) is 13.1 Å². The van der Waals surface area contributed by atoms with E-state index in [1.54, 1.807) is 25.2 Å². The molecule has 13 heteroatoms. The van der Waals surface area contributed by atoms with Gasteiger partial charge in [0.15, 0.2) is 0 Å². The van der Waals surface area contributed by atoms with E-state index in [-0.39, 0.29) is 4.90 Å². The summed E-state index contributed by atoms with van der Waals surface area (Å²) in [6.07, 6.45) is 11.7. The Morgan fingerprint density at radius 1 is 0.778 bits per heavy atom. The molecule has 0 aromatic heterocycles. The number of likely N-dealkylation sites (tertiary alicyclic amines) is 2. The first-order chi connectivity index (χ1) is 21.5. The minimum Gasteiger partial charge on any atom is -0.303 e. The molecule has 2 heterocycles. The van der Waals surface area contributed by atoms with Gasteiger partial charge in [0, 0.05) is 36.2 Å². The SMILES string of the molecule is CN(CCCCN1CCCCC1)S(=O)(=O)c1cccc(Cl)c1.O=S(=O)(NCCCCN1CCCCC1)NCc1ccc(Br)cc1. The molecule has 2 aliphatic rings. The maximum absolute atomic E-state index is 12.4. The van der Waals surface area contributed by atoms with Crippen LogP contribution in [0.4, 0.5) is 0 Å². The molecule has 0 bridgehead atoms. The first kappa shape index (κ1) is 38.4. The summed E-state index contributed by atoms with van der Waals surface area (Å²) in [6, 6.07) is 14.0. The number of sulfonamides is 1. The summed E-state index contributed by atoms with van der Waals surface area (Å²) < 4.78 is 56.3. The van der Waals surface area contributed by atoms with Gasteiger partial charge in [-0.15, -0.1) is 0 Å². The van der Waals surface area contributed by atoms with Crippen LogP contribution in [0.15, 0.2) is 57.9 Å². The first-order valence-electron chi connectivity index (χ1n) is 16.2. The van der Waals surface area contributed by atoms with Crippen molar-refractivity contribution >= 4 is 47.8 Å². The Kier molecular flexibility index (Phi) is 17.3. The van der Waals surface area contributed by atoms with Crippen molar-refractivity contribution in [2.45, 2.75) is 75.6 Å². The summed E-state index contributed by atoms with van der Waals surface area (Å²) in [7, 11) is -5.22.